The Morgan fingerprint density at radius 3 is 0.821 bits per heavy atom. The van der Waals surface area contributed by atoms with Crippen LogP contribution in [0.1, 0.15) is 335 Å². The molecule has 0 radical (unpaired) electrons. The summed E-state index contributed by atoms with van der Waals surface area (Å²) in [5.41, 5.74) is 0. The first-order chi connectivity index (χ1) is 38.5. The second-order valence-electron chi connectivity index (χ2n) is 22.4. The third-order valence-electron chi connectivity index (χ3n) is 14.6. The van der Waals surface area contributed by atoms with E-state index >= 15 is 0 Å². The van der Waals surface area contributed by atoms with E-state index in [9.17, 15) is 14.4 Å². The minimum absolute atomic E-state index is 0.0915. The van der Waals surface area contributed by atoms with Gasteiger partial charge >= 0.3 is 17.9 Å². The largest absolute Gasteiger partial charge is 0.462 e. The van der Waals surface area contributed by atoms with Crippen LogP contribution in [0.5, 0.6) is 0 Å². The lowest BCUT2D eigenvalue weighted by Crippen LogP contribution is -2.30. The van der Waals surface area contributed by atoms with Crippen molar-refractivity contribution in [2.75, 3.05) is 13.2 Å². The van der Waals surface area contributed by atoms with E-state index in [0.29, 0.717) is 19.3 Å². The summed E-state index contributed by atoms with van der Waals surface area (Å²) in [7, 11) is 0. The Labute approximate surface area is 484 Å². The number of hydrogen-bond donors (Lipinski definition) is 0. The topological polar surface area (TPSA) is 78.9 Å². The quantitative estimate of drug-likeness (QED) is 0.0261. The summed E-state index contributed by atoms with van der Waals surface area (Å²) < 4.78 is 16.8. The fourth-order valence-electron chi connectivity index (χ4n) is 9.62. The van der Waals surface area contributed by atoms with Crippen LogP contribution in [0.25, 0.3) is 0 Å². The first-order valence-corrected chi connectivity index (χ1v) is 33.6. The SMILES string of the molecule is CC/C=C\C/C=C\C/C=C\C/C=C\C/C=C\C/C=C\CCCCC(=O)OC(COC(=O)CCCCCCCC)COC(=O)CCCCCCCCCCCCCCCCCCCCCCC/C=C\CCCCCCCCCC. The molecule has 1 unspecified atom stereocenters. The van der Waals surface area contributed by atoms with Gasteiger partial charge in [0.2, 0.25) is 0 Å². The number of esters is 3. The van der Waals surface area contributed by atoms with Crippen LogP contribution in [0.4, 0.5) is 0 Å². The van der Waals surface area contributed by atoms with Gasteiger partial charge < -0.3 is 14.2 Å². The van der Waals surface area contributed by atoms with Crippen LogP contribution in [0.2, 0.25) is 0 Å². The minimum Gasteiger partial charge on any atom is -0.462 e. The van der Waals surface area contributed by atoms with Gasteiger partial charge in [-0.05, 0) is 96.3 Å². The summed E-state index contributed by atoms with van der Waals surface area (Å²) in [6.45, 7) is 6.46. The Hall–Kier alpha value is -3.41. The van der Waals surface area contributed by atoms with E-state index in [0.717, 1.165) is 89.9 Å². The Kier molecular flexibility index (Phi) is 63.2. The lowest BCUT2D eigenvalue weighted by atomic mass is 10.0. The molecule has 78 heavy (non-hydrogen) atoms. The van der Waals surface area contributed by atoms with Crippen LogP contribution in [0.3, 0.4) is 0 Å². The van der Waals surface area contributed by atoms with Crippen LogP contribution in [0, 0.1) is 0 Å². The summed E-state index contributed by atoms with van der Waals surface area (Å²) in [6, 6.07) is 0. The lowest BCUT2D eigenvalue weighted by molar-refractivity contribution is -0.167. The molecule has 0 aromatic carbocycles. The van der Waals surface area contributed by atoms with E-state index < -0.39 is 6.10 Å². The van der Waals surface area contributed by atoms with E-state index in [1.807, 2.05) is 0 Å². The van der Waals surface area contributed by atoms with Crippen LogP contribution >= 0.6 is 0 Å². The molecule has 0 aliphatic rings. The molecule has 0 aliphatic carbocycles. The molecular formula is C72H126O6. The zero-order valence-electron chi connectivity index (χ0n) is 51.7. The monoisotopic (exact) mass is 1090 g/mol. The van der Waals surface area contributed by atoms with Gasteiger partial charge in [0.1, 0.15) is 13.2 Å². The molecule has 0 rings (SSSR count). The molecule has 0 spiro atoms. The fraction of sp³-hybridized carbons (Fsp3) is 0.764. The van der Waals surface area contributed by atoms with Crippen LogP contribution in [-0.2, 0) is 28.6 Å². The molecule has 0 aromatic heterocycles. The highest BCUT2D eigenvalue weighted by atomic mass is 16.6. The predicted molar refractivity (Wildman–Crippen MR) is 339 cm³/mol. The summed E-state index contributed by atoms with van der Waals surface area (Å²) in [5, 5.41) is 0. The number of rotatable bonds is 61. The Morgan fingerprint density at radius 2 is 0.500 bits per heavy atom. The van der Waals surface area contributed by atoms with Crippen molar-refractivity contribution in [1.29, 1.82) is 0 Å². The summed E-state index contributed by atoms with van der Waals surface area (Å²) in [5.74, 6) is -0.935. The van der Waals surface area contributed by atoms with Gasteiger partial charge in [-0.2, -0.15) is 0 Å². The molecule has 0 saturated heterocycles. The normalized spacial score (nSPS) is 12.6. The Bertz CT molecular complexity index is 1480. The Morgan fingerprint density at radius 1 is 0.269 bits per heavy atom. The summed E-state index contributed by atoms with van der Waals surface area (Å²) in [4.78, 5) is 38.0. The Balaban J connectivity index is 4.03. The van der Waals surface area contributed by atoms with Crippen molar-refractivity contribution in [3.63, 3.8) is 0 Å². The van der Waals surface area contributed by atoms with Crippen molar-refractivity contribution in [1.82, 2.24) is 0 Å². The predicted octanol–water partition coefficient (Wildman–Crippen LogP) is 23.1. The van der Waals surface area contributed by atoms with Crippen molar-refractivity contribution >= 4 is 17.9 Å². The summed E-state index contributed by atoms with van der Waals surface area (Å²) in [6.07, 6.45) is 88.0. The van der Waals surface area contributed by atoms with E-state index in [1.165, 1.54) is 199 Å². The molecule has 0 fully saturated rings. The van der Waals surface area contributed by atoms with Crippen LogP contribution in [-0.4, -0.2) is 37.2 Å². The average Bonchev–Trinajstić information content (AvgIpc) is 3.44. The number of carbonyl (C=O) groups is 3. The third kappa shape index (κ3) is 63.4. The van der Waals surface area contributed by atoms with E-state index in [1.54, 1.807) is 0 Å². The maximum absolute atomic E-state index is 12.8. The molecular weight excluding hydrogens is 961 g/mol. The summed E-state index contributed by atoms with van der Waals surface area (Å²) >= 11 is 0. The molecule has 0 aromatic rings. The van der Waals surface area contributed by atoms with Gasteiger partial charge in [0.25, 0.3) is 0 Å². The highest BCUT2D eigenvalue weighted by Crippen LogP contribution is 2.17. The molecule has 0 N–H and O–H groups in total. The fourth-order valence-corrected chi connectivity index (χ4v) is 9.62. The van der Waals surface area contributed by atoms with Gasteiger partial charge in [-0.25, -0.2) is 0 Å². The zero-order valence-corrected chi connectivity index (χ0v) is 51.7. The second-order valence-corrected chi connectivity index (χ2v) is 22.4. The third-order valence-corrected chi connectivity index (χ3v) is 14.6. The van der Waals surface area contributed by atoms with Crippen molar-refractivity contribution in [2.45, 2.75) is 341 Å². The molecule has 0 amide bonds. The van der Waals surface area contributed by atoms with E-state index in [2.05, 4.69) is 106 Å². The highest BCUT2D eigenvalue weighted by Gasteiger charge is 2.19. The molecule has 6 heteroatoms. The van der Waals surface area contributed by atoms with Gasteiger partial charge in [-0.15, -0.1) is 0 Å². The van der Waals surface area contributed by atoms with Crippen molar-refractivity contribution in [3.8, 4) is 0 Å². The standard InChI is InChI=1S/C72H126O6/c1-4-7-10-13-16-18-20-22-24-26-28-30-31-32-33-34-35-36-37-38-39-40-41-43-44-46-48-50-52-54-56-59-62-65-71(74)77-68-69(67-76-70(73)64-61-58-15-12-9-6-3)78-72(75)66-63-60-57-55-53-51-49-47-45-42-29-27-25-23-21-19-17-14-11-8-5-2/h8,11,17,19,23,25-26,28-29,42,47,49,53,55,69H,4-7,9-10,12-16,18,20-22,24,27,30-41,43-46,48,50-52,54,56-68H2,1-3H3/b11-8-,19-17-,25-23-,28-26-,42-29-,49-47-,55-53-. The van der Waals surface area contributed by atoms with Crippen molar-refractivity contribution in [3.05, 3.63) is 85.1 Å². The van der Waals surface area contributed by atoms with Gasteiger partial charge in [0.15, 0.2) is 6.10 Å². The van der Waals surface area contributed by atoms with Gasteiger partial charge in [0, 0.05) is 19.3 Å². The number of allylic oxidation sites excluding steroid dienone is 14. The maximum Gasteiger partial charge on any atom is 0.306 e. The maximum atomic E-state index is 12.8. The molecule has 0 saturated carbocycles. The smallest absolute Gasteiger partial charge is 0.306 e. The van der Waals surface area contributed by atoms with Gasteiger partial charge in [0.05, 0.1) is 0 Å². The first-order valence-electron chi connectivity index (χ1n) is 33.6. The van der Waals surface area contributed by atoms with Crippen molar-refractivity contribution < 1.29 is 28.6 Å². The van der Waals surface area contributed by atoms with E-state index in [4.69, 9.17) is 14.2 Å². The van der Waals surface area contributed by atoms with E-state index in [-0.39, 0.29) is 37.5 Å². The second kappa shape index (κ2) is 66.1. The number of unbranched alkanes of at least 4 members (excludes halogenated alkanes) is 36. The van der Waals surface area contributed by atoms with Crippen LogP contribution < -0.4 is 0 Å². The molecule has 0 bridgehead atoms. The molecule has 0 heterocycles. The number of ether oxygens (including phenoxy) is 3. The number of carbonyl (C=O) groups excluding carboxylic acids is 3. The highest BCUT2D eigenvalue weighted by molar-refractivity contribution is 5.71. The zero-order chi connectivity index (χ0) is 56.4. The average molecular weight is 1090 g/mol. The number of hydrogen-bond acceptors (Lipinski definition) is 6. The molecule has 0 aliphatic heterocycles. The first kappa shape index (κ1) is 74.6. The molecule has 450 valence electrons. The minimum atomic E-state index is -0.796. The molecule has 6 nitrogen and oxygen atoms in total. The molecule has 1 atom stereocenters. The van der Waals surface area contributed by atoms with Crippen molar-refractivity contribution in [2.24, 2.45) is 0 Å². The van der Waals surface area contributed by atoms with Gasteiger partial charge in [-0.3, -0.25) is 14.4 Å². The van der Waals surface area contributed by atoms with Gasteiger partial charge in [-0.1, -0.05) is 305 Å². The lowest BCUT2D eigenvalue weighted by Gasteiger charge is -2.18. The van der Waals surface area contributed by atoms with Crippen LogP contribution in [0.15, 0.2) is 85.1 Å².